The van der Waals surface area contributed by atoms with Crippen LogP contribution in [0.15, 0.2) is 77.7 Å². The zero-order valence-electron chi connectivity index (χ0n) is 17.3. The maximum Gasteiger partial charge on any atom is 0.243 e. The molecule has 0 saturated heterocycles. The second kappa shape index (κ2) is 10.6. The van der Waals surface area contributed by atoms with Crippen LogP contribution in [0, 0.1) is 5.82 Å². The van der Waals surface area contributed by atoms with E-state index >= 15 is 0 Å². The largest absolute Gasteiger partial charge is 0.497 e. The first-order valence-corrected chi connectivity index (χ1v) is 11.5. The molecular formula is C23H22ClFN2O4S. The molecule has 0 saturated carbocycles. The summed E-state index contributed by atoms with van der Waals surface area (Å²) in [6.45, 7) is -0.324. The van der Waals surface area contributed by atoms with Crippen LogP contribution >= 0.6 is 11.6 Å². The van der Waals surface area contributed by atoms with E-state index in [1.54, 1.807) is 31.4 Å². The van der Waals surface area contributed by atoms with Gasteiger partial charge in [-0.25, -0.2) is 12.8 Å². The summed E-state index contributed by atoms with van der Waals surface area (Å²) in [6.07, 6.45) is 0. The number of benzene rings is 3. The summed E-state index contributed by atoms with van der Waals surface area (Å²) in [4.78, 5) is 12.6. The van der Waals surface area contributed by atoms with Crippen LogP contribution in [0.5, 0.6) is 5.75 Å². The molecule has 0 aliphatic heterocycles. The van der Waals surface area contributed by atoms with Crippen molar-refractivity contribution in [2.75, 3.05) is 13.7 Å². The standard InChI is InChI=1S/C23H22ClFN2O4S/c1-31-21-6-2-4-18(12-21)14-26-23(28)16-27(15-17-8-10-20(25)11-9-17)32(29,30)22-7-3-5-19(24)13-22/h2-13H,14-16H2,1H3,(H,26,28). The Bertz CT molecular complexity index is 1190. The van der Waals surface area contributed by atoms with Crippen molar-refractivity contribution in [3.05, 3.63) is 94.8 Å². The summed E-state index contributed by atoms with van der Waals surface area (Å²) in [7, 11) is -2.50. The highest BCUT2D eigenvalue weighted by atomic mass is 35.5. The van der Waals surface area contributed by atoms with Crippen molar-refractivity contribution in [2.45, 2.75) is 18.0 Å². The molecule has 0 spiro atoms. The van der Waals surface area contributed by atoms with Crippen molar-refractivity contribution in [2.24, 2.45) is 0 Å². The van der Waals surface area contributed by atoms with Gasteiger partial charge in [0.2, 0.25) is 15.9 Å². The Hall–Kier alpha value is -2.94. The lowest BCUT2D eigenvalue weighted by molar-refractivity contribution is -0.121. The Morgan fingerprint density at radius 2 is 1.75 bits per heavy atom. The summed E-state index contributed by atoms with van der Waals surface area (Å²) < 4.78 is 46.0. The van der Waals surface area contributed by atoms with Crippen LogP contribution in [0.3, 0.4) is 0 Å². The van der Waals surface area contributed by atoms with Gasteiger partial charge in [0, 0.05) is 18.1 Å². The van der Waals surface area contributed by atoms with Crippen LogP contribution in [0.2, 0.25) is 5.02 Å². The van der Waals surface area contributed by atoms with Gasteiger partial charge in [0.1, 0.15) is 11.6 Å². The van der Waals surface area contributed by atoms with Crippen LogP contribution in [-0.2, 0) is 27.9 Å². The van der Waals surface area contributed by atoms with Crippen molar-refractivity contribution in [3.63, 3.8) is 0 Å². The number of carbonyl (C=O) groups is 1. The second-order valence-electron chi connectivity index (χ2n) is 6.99. The van der Waals surface area contributed by atoms with Gasteiger partial charge in [-0.3, -0.25) is 4.79 Å². The molecule has 0 aliphatic carbocycles. The number of rotatable bonds is 9. The Labute approximate surface area is 191 Å². The molecule has 1 N–H and O–H groups in total. The Balaban J connectivity index is 1.79. The monoisotopic (exact) mass is 476 g/mol. The lowest BCUT2D eigenvalue weighted by atomic mass is 10.2. The molecule has 168 valence electrons. The van der Waals surface area contributed by atoms with E-state index in [9.17, 15) is 17.6 Å². The third-order valence-electron chi connectivity index (χ3n) is 4.65. The van der Waals surface area contributed by atoms with Gasteiger partial charge in [-0.05, 0) is 53.6 Å². The number of nitrogens with one attached hydrogen (secondary N) is 1. The number of nitrogens with zero attached hydrogens (tertiary/aromatic N) is 1. The quantitative estimate of drug-likeness (QED) is 0.506. The fourth-order valence-corrected chi connectivity index (χ4v) is 4.68. The van der Waals surface area contributed by atoms with Crippen LogP contribution in [-0.4, -0.2) is 32.3 Å². The fourth-order valence-electron chi connectivity index (χ4n) is 2.99. The van der Waals surface area contributed by atoms with E-state index in [4.69, 9.17) is 16.3 Å². The van der Waals surface area contributed by atoms with Crippen LogP contribution in [0.4, 0.5) is 4.39 Å². The minimum atomic E-state index is -4.05. The van der Waals surface area contributed by atoms with Gasteiger partial charge in [-0.2, -0.15) is 4.31 Å². The summed E-state index contributed by atoms with van der Waals surface area (Å²) in [5, 5.41) is 2.98. The number of hydrogen-bond donors (Lipinski definition) is 1. The minimum Gasteiger partial charge on any atom is -0.497 e. The molecule has 0 aliphatic rings. The topological polar surface area (TPSA) is 75.7 Å². The van der Waals surface area contributed by atoms with E-state index in [2.05, 4.69) is 5.32 Å². The average Bonchev–Trinajstić information content (AvgIpc) is 2.79. The van der Waals surface area contributed by atoms with E-state index in [1.807, 2.05) is 6.07 Å². The van der Waals surface area contributed by atoms with Gasteiger partial charge in [0.25, 0.3) is 0 Å². The molecule has 0 fully saturated rings. The first-order chi connectivity index (χ1) is 15.3. The number of halogens is 2. The Morgan fingerprint density at radius 1 is 1.03 bits per heavy atom. The number of methoxy groups -OCH3 is 1. The van der Waals surface area contributed by atoms with Gasteiger partial charge in [-0.1, -0.05) is 41.9 Å². The number of carbonyl (C=O) groups excluding carboxylic acids is 1. The molecule has 9 heteroatoms. The summed E-state index contributed by atoms with van der Waals surface area (Å²) in [6, 6.07) is 18.4. The average molecular weight is 477 g/mol. The number of amides is 1. The van der Waals surface area contributed by atoms with E-state index in [0.717, 1.165) is 9.87 Å². The molecule has 3 aromatic carbocycles. The SMILES string of the molecule is COc1cccc(CNC(=O)CN(Cc2ccc(F)cc2)S(=O)(=O)c2cccc(Cl)c2)c1. The Morgan fingerprint density at radius 3 is 2.44 bits per heavy atom. The summed E-state index contributed by atoms with van der Waals surface area (Å²) in [5.74, 6) is -0.271. The highest BCUT2D eigenvalue weighted by molar-refractivity contribution is 7.89. The van der Waals surface area contributed by atoms with Crippen molar-refractivity contribution in [1.29, 1.82) is 0 Å². The summed E-state index contributed by atoms with van der Waals surface area (Å²) in [5.41, 5.74) is 1.35. The molecule has 0 radical (unpaired) electrons. The van der Waals surface area contributed by atoms with Crippen molar-refractivity contribution >= 4 is 27.5 Å². The smallest absolute Gasteiger partial charge is 0.243 e. The van der Waals surface area contributed by atoms with Crippen LogP contribution in [0.25, 0.3) is 0 Å². The molecule has 0 unspecified atom stereocenters. The zero-order valence-corrected chi connectivity index (χ0v) is 18.9. The van der Waals surface area contributed by atoms with Crippen molar-refractivity contribution in [1.82, 2.24) is 9.62 Å². The van der Waals surface area contributed by atoms with Crippen LogP contribution in [0.1, 0.15) is 11.1 Å². The second-order valence-corrected chi connectivity index (χ2v) is 9.36. The molecule has 6 nitrogen and oxygen atoms in total. The first-order valence-electron chi connectivity index (χ1n) is 9.68. The molecule has 0 bridgehead atoms. The third kappa shape index (κ3) is 6.29. The first kappa shape index (κ1) is 23.7. The maximum atomic E-state index is 13.3. The van der Waals surface area contributed by atoms with E-state index in [-0.39, 0.29) is 23.0 Å². The van der Waals surface area contributed by atoms with Crippen molar-refractivity contribution < 1.29 is 22.3 Å². The molecular weight excluding hydrogens is 455 g/mol. The van der Waals surface area contributed by atoms with E-state index < -0.39 is 28.3 Å². The highest BCUT2D eigenvalue weighted by Gasteiger charge is 2.27. The molecule has 0 aromatic heterocycles. The number of ether oxygens (including phenoxy) is 1. The fraction of sp³-hybridized carbons (Fsp3) is 0.174. The third-order valence-corrected chi connectivity index (χ3v) is 6.67. The highest BCUT2D eigenvalue weighted by Crippen LogP contribution is 2.21. The van der Waals surface area contributed by atoms with Gasteiger partial charge < -0.3 is 10.1 Å². The number of sulfonamides is 1. The van der Waals surface area contributed by atoms with E-state index in [0.29, 0.717) is 11.3 Å². The molecule has 3 rings (SSSR count). The lowest BCUT2D eigenvalue weighted by Gasteiger charge is -2.22. The van der Waals surface area contributed by atoms with Gasteiger partial charge in [-0.15, -0.1) is 0 Å². The Kier molecular flexibility index (Phi) is 7.84. The maximum absolute atomic E-state index is 13.3. The van der Waals surface area contributed by atoms with Gasteiger partial charge >= 0.3 is 0 Å². The zero-order chi connectivity index (χ0) is 23.1. The predicted octanol–water partition coefficient (Wildman–Crippen LogP) is 4.00. The molecule has 0 atom stereocenters. The molecule has 0 heterocycles. The predicted molar refractivity (Wildman–Crippen MR) is 120 cm³/mol. The lowest BCUT2D eigenvalue weighted by Crippen LogP contribution is -2.40. The van der Waals surface area contributed by atoms with E-state index in [1.165, 1.54) is 42.5 Å². The summed E-state index contributed by atoms with van der Waals surface area (Å²) >= 11 is 5.97. The normalized spacial score (nSPS) is 11.4. The van der Waals surface area contributed by atoms with Crippen LogP contribution < -0.4 is 10.1 Å². The molecule has 1 amide bonds. The molecule has 3 aromatic rings. The van der Waals surface area contributed by atoms with Gasteiger partial charge in [0.05, 0.1) is 18.6 Å². The minimum absolute atomic E-state index is 0.0345. The van der Waals surface area contributed by atoms with Gasteiger partial charge in [0.15, 0.2) is 0 Å². The molecule has 32 heavy (non-hydrogen) atoms. The van der Waals surface area contributed by atoms with Crippen molar-refractivity contribution in [3.8, 4) is 5.75 Å². The number of hydrogen-bond acceptors (Lipinski definition) is 4.